The van der Waals surface area contributed by atoms with Gasteiger partial charge in [0.25, 0.3) is 0 Å². The summed E-state index contributed by atoms with van der Waals surface area (Å²) in [6.45, 7) is 0.209. The Morgan fingerprint density at radius 1 is 0.767 bits per heavy atom. The monoisotopic (exact) mass is 398 g/mol. The molecule has 1 aliphatic rings. The van der Waals surface area contributed by atoms with E-state index in [9.17, 15) is 9.59 Å². The summed E-state index contributed by atoms with van der Waals surface area (Å²) in [6.07, 6.45) is 6.25. The molecule has 1 aliphatic heterocycles. The molecule has 0 radical (unpaired) electrons. The molecule has 0 fully saturated rings. The maximum absolute atomic E-state index is 12.4. The van der Waals surface area contributed by atoms with Gasteiger partial charge in [-0.2, -0.15) is 0 Å². The van der Waals surface area contributed by atoms with Crippen LogP contribution in [0.25, 0.3) is 12.2 Å². The minimum absolute atomic E-state index is 0.158. The number of carbonyl (C=O) groups is 2. The average Bonchev–Trinajstić information content (AvgIpc) is 3.25. The van der Waals surface area contributed by atoms with Crippen LogP contribution in [-0.2, 0) is 4.79 Å². The number of allylic oxidation sites excluding steroid dienone is 1. The van der Waals surface area contributed by atoms with Gasteiger partial charge in [0.15, 0.2) is 17.3 Å². The normalized spacial score (nSPS) is 12.4. The fraction of sp³-hybridized carbons (Fsp3) is 0.0400. The molecule has 3 aromatic rings. The van der Waals surface area contributed by atoms with Crippen LogP contribution < -0.4 is 14.2 Å². The Balaban J connectivity index is 1.35. The molecule has 0 bridgehead atoms. The number of ether oxygens (including phenoxy) is 3. The summed E-state index contributed by atoms with van der Waals surface area (Å²) < 4.78 is 15.9. The van der Waals surface area contributed by atoms with E-state index in [1.165, 1.54) is 12.2 Å². The van der Waals surface area contributed by atoms with E-state index in [0.29, 0.717) is 22.8 Å². The highest BCUT2D eigenvalue weighted by Crippen LogP contribution is 2.32. The predicted molar refractivity (Wildman–Crippen MR) is 113 cm³/mol. The molecule has 4 rings (SSSR count). The van der Waals surface area contributed by atoms with Gasteiger partial charge in [0.05, 0.1) is 0 Å². The predicted octanol–water partition coefficient (Wildman–Crippen LogP) is 4.93. The van der Waals surface area contributed by atoms with Crippen LogP contribution in [0.3, 0.4) is 0 Å². The van der Waals surface area contributed by atoms with Gasteiger partial charge in [-0.3, -0.25) is 4.79 Å². The molecule has 5 heteroatoms. The number of hydrogen-bond acceptors (Lipinski definition) is 5. The van der Waals surface area contributed by atoms with Crippen LogP contribution in [0.5, 0.6) is 17.2 Å². The lowest BCUT2D eigenvalue weighted by Crippen LogP contribution is -2.04. The Bertz CT molecular complexity index is 1110. The van der Waals surface area contributed by atoms with Gasteiger partial charge in [0, 0.05) is 11.6 Å². The Hall–Kier alpha value is -4.12. The molecule has 5 nitrogen and oxygen atoms in total. The molecule has 1 heterocycles. The van der Waals surface area contributed by atoms with Crippen molar-refractivity contribution in [3.8, 4) is 17.2 Å². The average molecular weight is 398 g/mol. The molecule has 0 aromatic heterocycles. The van der Waals surface area contributed by atoms with Gasteiger partial charge in [-0.1, -0.05) is 42.5 Å². The summed E-state index contributed by atoms with van der Waals surface area (Å²) in [7, 11) is 0. The van der Waals surface area contributed by atoms with E-state index >= 15 is 0 Å². The van der Waals surface area contributed by atoms with E-state index < -0.39 is 5.97 Å². The molecule has 148 valence electrons. The van der Waals surface area contributed by atoms with Crippen molar-refractivity contribution in [2.75, 3.05) is 6.79 Å². The number of fused-ring (bicyclic) bond motifs is 1. The van der Waals surface area contributed by atoms with Crippen LogP contribution in [-0.4, -0.2) is 18.5 Å². The molecule has 0 aliphatic carbocycles. The van der Waals surface area contributed by atoms with Crippen molar-refractivity contribution in [1.82, 2.24) is 0 Å². The van der Waals surface area contributed by atoms with Crippen LogP contribution in [0.1, 0.15) is 21.5 Å². The lowest BCUT2D eigenvalue weighted by atomic mass is 10.1. The van der Waals surface area contributed by atoms with Crippen LogP contribution in [0.4, 0.5) is 0 Å². The second kappa shape index (κ2) is 8.92. The minimum atomic E-state index is -0.486. The number of carbonyl (C=O) groups excluding carboxylic acids is 2. The first-order valence-corrected chi connectivity index (χ1v) is 9.34. The number of benzene rings is 3. The standard InChI is InChI=1S/C25H18O5/c26-22(13-6-19-7-14-23-24(16-19)29-17-28-23)20-9-11-21(12-10-20)30-25(27)15-8-18-4-2-1-3-5-18/h1-16H,17H2/b13-6-,15-8+. The van der Waals surface area contributed by atoms with Gasteiger partial charge in [0.1, 0.15) is 5.75 Å². The van der Waals surface area contributed by atoms with Crippen molar-refractivity contribution in [3.05, 3.63) is 102 Å². The number of ketones is 1. The Labute approximate surface area is 173 Å². The zero-order chi connectivity index (χ0) is 20.8. The van der Waals surface area contributed by atoms with Crippen molar-refractivity contribution in [3.63, 3.8) is 0 Å². The van der Waals surface area contributed by atoms with Gasteiger partial charge >= 0.3 is 5.97 Å². The summed E-state index contributed by atoms with van der Waals surface area (Å²) in [6, 6.07) is 21.4. The first kappa shape index (κ1) is 19.2. The second-order valence-electron chi connectivity index (χ2n) is 6.50. The Morgan fingerprint density at radius 2 is 1.50 bits per heavy atom. The Morgan fingerprint density at radius 3 is 2.30 bits per heavy atom. The van der Waals surface area contributed by atoms with Crippen molar-refractivity contribution in [2.24, 2.45) is 0 Å². The number of rotatable bonds is 6. The molecular formula is C25H18O5. The lowest BCUT2D eigenvalue weighted by molar-refractivity contribution is -0.128. The van der Waals surface area contributed by atoms with E-state index in [1.54, 1.807) is 36.4 Å². The van der Waals surface area contributed by atoms with Crippen molar-refractivity contribution < 1.29 is 23.8 Å². The van der Waals surface area contributed by atoms with Crippen LogP contribution in [0.2, 0.25) is 0 Å². The van der Waals surface area contributed by atoms with Crippen LogP contribution >= 0.6 is 0 Å². The third kappa shape index (κ3) is 4.83. The molecule has 3 aromatic carbocycles. The topological polar surface area (TPSA) is 61.8 Å². The maximum Gasteiger partial charge on any atom is 0.336 e. The molecule has 30 heavy (non-hydrogen) atoms. The third-order valence-corrected chi connectivity index (χ3v) is 4.39. The fourth-order valence-electron chi connectivity index (χ4n) is 2.85. The van der Waals surface area contributed by atoms with Gasteiger partial charge in [-0.05, 0) is 59.7 Å². The van der Waals surface area contributed by atoms with Crippen molar-refractivity contribution in [1.29, 1.82) is 0 Å². The SMILES string of the molecule is O=C(/C=C/c1ccccc1)Oc1ccc(C(=O)/C=C\c2ccc3c(c2)OCO3)cc1. The largest absolute Gasteiger partial charge is 0.454 e. The first-order valence-electron chi connectivity index (χ1n) is 9.34. The van der Waals surface area contributed by atoms with E-state index in [2.05, 4.69) is 0 Å². The van der Waals surface area contributed by atoms with E-state index in [1.807, 2.05) is 48.5 Å². The molecule has 0 N–H and O–H groups in total. The molecule has 0 amide bonds. The molecule has 0 unspecified atom stereocenters. The number of esters is 1. The minimum Gasteiger partial charge on any atom is -0.454 e. The quantitative estimate of drug-likeness (QED) is 0.255. The summed E-state index contributed by atoms with van der Waals surface area (Å²) >= 11 is 0. The van der Waals surface area contributed by atoms with Gasteiger partial charge < -0.3 is 14.2 Å². The van der Waals surface area contributed by atoms with E-state index in [0.717, 1.165) is 11.1 Å². The lowest BCUT2D eigenvalue weighted by Gasteiger charge is -2.02. The Kier molecular flexibility index (Phi) is 5.71. The maximum atomic E-state index is 12.4. The van der Waals surface area contributed by atoms with Crippen LogP contribution in [0, 0.1) is 0 Å². The number of hydrogen-bond donors (Lipinski definition) is 0. The van der Waals surface area contributed by atoms with Gasteiger partial charge in [-0.25, -0.2) is 4.79 Å². The highest BCUT2D eigenvalue weighted by molar-refractivity contribution is 6.06. The molecular weight excluding hydrogens is 380 g/mol. The summed E-state index contributed by atoms with van der Waals surface area (Å²) in [5.74, 6) is 1.09. The molecule has 0 saturated carbocycles. The first-order chi connectivity index (χ1) is 14.7. The molecule has 0 atom stereocenters. The third-order valence-electron chi connectivity index (χ3n) is 4.39. The summed E-state index contributed by atoms with van der Waals surface area (Å²) in [5, 5.41) is 0. The second-order valence-corrected chi connectivity index (χ2v) is 6.50. The smallest absolute Gasteiger partial charge is 0.336 e. The fourth-order valence-corrected chi connectivity index (χ4v) is 2.85. The van der Waals surface area contributed by atoms with E-state index in [-0.39, 0.29) is 12.6 Å². The van der Waals surface area contributed by atoms with Gasteiger partial charge in [-0.15, -0.1) is 0 Å². The molecule has 0 spiro atoms. The zero-order valence-corrected chi connectivity index (χ0v) is 16.0. The highest BCUT2D eigenvalue weighted by atomic mass is 16.7. The highest BCUT2D eigenvalue weighted by Gasteiger charge is 2.12. The van der Waals surface area contributed by atoms with Crippen LogP contribution in [0.15, 0.2) is 84.9 Å². The summed E-state index contributed by atoms with van der Waals surface area (Å²) in [4.78, 5) is 24.3. The molecule has 0 saturated heterocycles. The zero-order valence-electron chi connectivity index (χ0n) is 16.0. The van der Waals surface area contributed by atoms with Gasteiger partial charge in [0.2, 0.25) is 6.79 Å². The van der Waals surface area contributed by atoms with Crippen molar-refractivity contribution in [2.45, 2.75) is 0 Å². The van der Waals surface area contributed by atoms with Crippen molar-refractivity contribution >= 4 is 23.9 Å². The van der Waals surface area contributed by atoms with E-state index in [4.69, 9.17) is 14.2 Å². The summed E-state index contributed by atoms with van der Waals surface area (Å²) in [5.41, 5.74) is 2.24.